The van der Waals surface area contributed by atoms with Gasteiger partial charge in [-0.15, -0.1) is 0 Å². The lowest BCUT2D eigenvalue weighted by Gasteiger charge is -2.33. The second kappa shape index (κ2) is 6.02. The molecule has 1 saturated heterocycles. The fourth-order valence-corrected chi connectivity index (χ4v) is 2.34. The lowest BCUT2D eigenvalue weighted by molar-refractivity contribution is 0.0595. The summed E-state index contributed by atoms with van der Waals surface area (Å²) in [5.41, 5.74) is 7.42. The van der Waals surface area contributed by atoms with Gasteiger partial charge in [0.2, 0.25) is 0 Å². The van der Waals surface area contributed by atoms with Gasteiger partial charge in [-0.3, -0.25) is 9.89 Å². The molecule has 0 aromatic carbocycles. The van der Waals surface area contributed by atoms with Crippen molar-refractivity contribution in [3.05, 3.63) is 11.4 Å². The second-order valence-electron chi connectivity index (χ2n) is 5.30. The molecule has 0 radical (unpaired) electrons. The zero-order chi connectivity index (χ0) is 15.6. The predicted octanol–water partition coefficient (Wildman–Crippen LogP) is 0.639. The van der Waals surface area contributed by atoms with Crippen LogP contribution in [0.15, 0.2) is 0 Å². The van der Waals surface area contributed by atoms with Crippen LogP contribution in [-0.4, -0.2) is 65.3 Å². The van der Waals surface area contributed by atoms with Crippen LogP contribution in [0.25, 0.3) is 0 Å². The van der Waals surface area contributed by atoms with E-state index in [1.165, 1.54) is 7.11 Å². The van der Waals surface area contributed by atoms with Crippen molar-refractivity contribution < 1.29 is 14.3 Å². The second-order valence-corrected chi connectivity index (χ2v) is 5.30. The molecule has 0 saturated carbocycles. The Morgan fingerprint density at radius 1 is 1.24 bits per heavy atom. The Bertz CT molecular complexity index is 532. The number of nitrogens with zero attached hydrogens (tertiary/aromatic N) is 3. The number of ether oxygens (including phenoxy) is 1. The molecule has 3 N–H and O–H groups in total. The number of carbonyl (C=O) groups excluding carboxylic acids is 2. The zero-order valence-electron chi connectivity index (χ0n) is 12.5. The van der Waals surface area contributed by atoms with Crippen molar-refractivity contribution in [1.82, 2.24) is 20.0 Å². The zero-order valence-corrected chi connectivity index (χ0v) is 12.5. The van der Waals surface area contributed by atoms with Crippen molar-refractivity contribution in [3.63, 3.8) is 0 Å². The number of hydrogen-bond acceptors (Lipinski definition) is 5. The topological polar surface area (TPSA) is 105 Å². The number of rotatable bonds is 2. The molecule has 2 amide bonds. The Balaban J connectivity index is 2.04. The number of aromatic nitrogens is 2. The van der Waals surface area contributed by atoms with Crippen molar-refractivity contribution in [1.29, 1.82) is 0 Å². The van der Waals surface area contributed by atoms with Gasteiger partial charge in [-0.1, -0.05) is 13.8 Å². The molecule has 0 spiro atoms. The molecule has 1 aliphatic rings. The molecule has 0 unspecified atom stereocenters. The highest BCUT2D eigenvalue weighted by molar-refractivity contribution is 5.97. The van der Waals surface area contributed by atoms with Crippen molar-refractivity contribution in [2.45, 2.75) is 19.8 Å². The number of hydrogen-bond donors (Lipinski definition) is 2. The van der Waals surface area contributed by atoms with Crippen LogP contribution in [0.2, 0.25) is 0 Å². The Labute approximate surface area is 123 Å². The number of nitrogen functional groups attached to an aromatic ring is 1. The van der Waals surface area contributed by atoms with Gasteiger partial charge in [0, 0.05) is 26.2 Å². The van der Waals surface area contributed by atoms with E-state index in [9.17, 15) is 9.59 Å². The number of carbonyl (C=O) groups is 2. The predicted molar refractivity (Wildman–Crippen MR) is 77.0 cm³/mol. The summed E-state index contributed by atoms with van der Waals surface area (Å²) in [5.74, 6) is -0.0320. The van der Waals surface area contributed by atoms with Gasteiger partial charge in [-0.05, 0) is 5.92 Å². The van der Waals surface area contributed by atoms with E-state index in [0.29, 0.717) is 31.9 Å². The smallest absolute Gasteiger partial charge is 0.409 e. The summed E-state index contributed by atoms with van der Waals surface area (Å²) in [6, 6.07) is 0. The van der Waals surface area contributed by atoms with E-state index < -0.39 is 0 Å². The molecule has 0 aliphatic carbocycles. The van der Waals surface area contributed by atoms with Crippen LogP contribution in [0, 0.1) is 0 Å². The minimum absolute atomic E-state index is 0.176. The van der Waals surface area contributed by atoms with Gasteiger partial charge >= 0.3 is 6.09 Å². The van der Waals surface area contributed by atoms with Crippen molar-refractivity contribution in [2.24, 2.45) is 0 Å². The van der Waals surface area contributed by atoms with E-state index in [1.807, 2.05) is 13.8 Å². The summed E-state index contributed by atoms with van der Waals surface area (Å²) in [6.07, 6.45) is -0.372. The summed E-state index contributed by atoms with van der Waals surface area (Å²) in [6.45, 7) is 5.73. The maximum Gasteiger partial charge on any atom is 0.409 e. The molecule has 0 atom stereocenters. The summed E-state index contributed by atoms with van der Waals surface area (Å²) in [5, 5.41) is 6.86. The van der Waals surface area contributed by atoms with Crippen LogP contribution >= 0.6 is 0 Å². The van der Waals surface area contributed by atoms with Crippen LogP contribution < -0.4 is 5.73 Å². The van der Waals surface area contributed by atoms with Gasteiger partial charge < -0.3 is 20.3 Å². The molecule has 8 nitrogen and oxygen atoms in total. The van der Waals surface area contributed by atoms with Gasteiger partial charge in [-0.2, -0.15) is 5.10 Å². The number of amides is 2. The first-order valence-electron chi connectivity index (χ1n) is 6.91. The number of H-pyrrole nitrogens is 1. The summed E-state index contributed by atoms with van der Waals surface area (Å²) in [4.78, 5) is 27.1. The molecule has 2 rings (SSSR count). The lowest BCUT2D eigenvalue weighted by Crippen LogP contribution is -2.50. The molecule has 0 bridgehead atoms. The number of nitrogens with two attached hydrogens (primary N) is 1. The first kappa shape index (κ1) is 15.1. The normalized spacial score (nSPS) is 15.4. The molecular weight excluding hydrogens is 274 g/mol. The van der Waals surface area contributed by atoms with Crippen molar-refractivity contribution >= 4 is 17.7 Å². The Hall–Kier alpha value is -2.25. The largest absolute Gasteiger partial charge is 0.453 e. The van der Waals surface area contributed by atoms with Crippen LogP contribution in [0.4, 0.5) is 10.5 Å². The SMILES string of the molecule is COC(=O)N1CCN(C(=O)c2n[nH]c(C(C)C)c2N)CC1. The minimum atomic E-state index is -0.372. The number of methoxy groups -OCH3 is 1. The molecule has 1 fully saturated rings. The fraction of sp³-hybridized carbons (Fsp3) is 0.615. The number of nitrogens with one attached hydrogen (secondary N) is 1. The molecule has 1 aliphatic heterocycles. The minimum Gasteiger partial charge on any atom is -0.453 e. The molecule has 116 valence electrons. The van der Waals surface area contributed by atoms with Crippen LogP contribution in [0.5, 0.6) is 0 Å². The number of anilines is 1. The van der Waals surface area contributed by atoms with Gasteiger partial charge in [0.05, 0.1) is 18.5 Å². The highest BCUT2D eigenvalue weighted by atomic mass is 16.5. The number of piperazine rings is 1. The summed E-state index contributed by atoms with van der Waals surface area (Å²) >= 11 is 0. The first-order chi connectivity index (χ1) is 9.95. The quantitative estimate of drug-likeness (QED) is 0.833. The highest BCUT2D eigenvalue weighted by Gasteiger charge is 2.28. The van der Waals surface area contributed by atoms with Crippen molar-refractivity contribution in [3.8, 4) is 0 Å². The summed E-state index contributed by atoms with van der Waals surface area (Å²) in [7, 11) is 1.34. The Morgan fingerprint density at radius 2 is 1.81 bits per heavy atom. The van der Waals surface area contributed by atoms with E-state index in [1.54, 1.807) is 9.80 Å². The van der Waals surface area contributed by atoms with E-state index >= 15 is 0 Å². The Morgan fingerprint density at radius 3 is 2.29 bits per heavy atom. The Kier molecular flexibility index (Phi) is 4.35. The van der Waals surface area contributed by atoms with E-state index in [-0.39, 0.29) is 23.6 Å². The number of aromatic amines is 1. The van der Waals surface area contributed by atoms with E-state index in [4.69, 9.17) is 5.73 Å². The van der Waals surface area contributed by atoms with E-state index in [2.05, 4.69) is 14.9 Å². The molecule has 1 aromatic heterocycles. The van der Waals surface area contributed by atoms with Crippen LogP contribution in [-0.2, 0) is 4.74 Å². The summed E-state index contributed by atoms with van der Waals surface area (Å²) < 4.78 is 4.67. The van der Waals surface area contributed by atoms with Gasteiger partial charge in [0.25, 0.3) is 5.91 Å². The maximum absolute atomic E-state index is 12.4. The average molecular weight is 295 g/mol. The fourth-order valence-electron chi connectivity index (χ4n) is 2.34. The van der Waals surface area contributed by atoms with Crippen LogP contribution in [0.1, 0.15) is 35.9 Å². The lowest BCUT2D eigenvalue weighted by atomic mass is 10.1. The molecule has 1 aromatic rings. The third-order valence-electron chi connectivity index (χ3n) is 3.61. The van der Waals surface area contributed by atoms with Gasteiger partial charge in [0.15, 0.2) is 5.69 Å². The van der Waals surface area contributed by atoms with Crippen molar-refractivity contribution in [2.75, 3.05) is 39.0 Å². The average Bonchev–Trinajstić information content (AvgIpc) is 2.87. The highest BCUT2D eigenvalue weighted by Crippen LogP contribution is 2.23. The third-order valence-corrected chi connectivity index (χ3v) is 3.61. The van der Waals surface area contributed by atoms with Gasteiger partial charge in [0.1, 0.15) is 0 Å². The van der Waals surface area contributed by atoms with E-state index in [0.717, 1.165) is 5.69 Å². The molecule has 21 heavy (non-hydrogen) atoms. The van der Waals surface area contributed by atoms with Gasteiger partial charge in [-0.25, -0.2) is 4.79 Å². The maximum atomic E-state index is 12.4. The molecule has 2 heterocycles. The van der Waals surface area contributed by atoms with Crippen LogP contribution in [0.3, 0.4) is 0 Å². The third kappa shape index (κ3) is 2.93. The first-order valence-corrected chi connectivity index (χ1v) is 6.91. The monoisotopic (exact) mass is 295 g/mol. The molecular formula is C13H21N5O3. The molecule has 8 heteroatoms. The standard InChI is InChI=1S/C13H21N5O3/c1-8(2)10-9(14)11(16-15-10)12(19)17-4-6-18(7-5-17)13(20)21-3/h8H,4-7,14H2,1-3H3,(H,15,16).